The highest BCUT2D eigenvalue weighted by molar-refractivity contribution is 7.72. The highest BCUT2D eigenvalue weighted by Crippen LogP contribution is 1.83. The maximum Gasteiger partial charge on any atom is 0.140 e. The van der Waals surface area contributed by atoms with Crippen LogP contribution in [0.25, 0.3) is 0 Å². The van der Waals surface area contributed by atoms with Crippen molar-refractivity contribution in [1.29, 1.82) is 0 Å². The van der Waals surface area contributed by atoms with Crippen LogP contribution < -0.4 is 5.73 Å². The maximum atomic E-state index is 9.89. The van der Waals surface area contributed by atoms with Gasteiger partial charge in [-0.1, -0.05) is 0 Å². The number of thiol groups is 1. The Morgan fingerprint density at radius 3 is 2.25 bits per heavy atom. The molecule has 2 N–H and O–H groups in total. The lowest BCUT2D eigenvalue weighted by molar-refractivity contribution is 0.606. The SMILES string of the molecule is C[C@@H](N)CC[SH](=O)=O. The summed E-state index contributed by atoms with van der Waals surface area (Å²) in [6.45, 7) is 1.79. The third kappa shape index (κ3) is 5.91. The van der Waals surface area contributed by atoms with Gasteiger partial charge in [0.2, 0.25) is 0 Å². The molecule has 0 aromatic heterocycles. The van der Waals surface area contributed by atoms with Gasteiger partial charge in [0.1, 0.15) is 10.7 Å². The lowest BCUT2D eigenvalue weighted by Gasteiger charge is -1.96. The van der Waals surface area contributed by atoms with E-state index in [2.05, 4.69) is 0 Å². The highest BCUT2D eigenvalue weighted by Gasteiger charge is 1.92. The second kappa shape index (κ2) is 3.86. The van der Waals surface area contributed by atoms with Gasteiger partial charge in [0, 0.05) is 11.8 Å². The van der Waals surface area contributed by atoms with Crippen molar-refractivity contribution in [2.24, 2.45) is 5.73 Å². The molecule has 0 unspecified atom stereocenters. The molecular formula is C4H11NO2S. The fourth-order valence-corrected chi connectivity index (χ4v) is 0.927. The van der Waals surface area contributed by atoms with Crippen LogP contribution in [0.15, 0.2) is 0 Å². The van der Waals surface area contributed by atoms with Crippen LogP contribution in [0, 0.1) is 0 Å². The molecule has 0 radical (unpaired) electrons. The van der Waals surface area contributed by atoms with E-state index >= 15 is 0 Å². The Bertz CT molecular complexity index is 111. The molecule has 1 atom stereocenters. The second-order valence-corrected chi connectivity index (χ2v) is 2.93. The standard InChI is InChI=1S/C4H11NO2S/c1-4(5)2-3-8(6)7/h4,8H,2-3,5H2,1H3/t4-/m1/s1. The van der Waals surface area contributed by atoms with Crippen LogP contribution in [0.1, 0.15) is 13.3 Å². The van der Waals surface area contributed by atoms with Crippen LogP contribution in [0.4, 0.5) is 0 Å². The van der Waals surface area contributed by atoms with Crippen LogP contribution in [0.2, 0.25) is 0 Å². The predicted molar refractivity (Wildman–Crippen MR) is 33.4 cm³/mol. The van der Waals surface area contributed by atoms with Gasteiger partial charge in [-0.25, -0.2) is 8.42 Å². The Balaban J connectivity index is 3.18. The van der Waals surface area contributed by atoms with E-state index < -0.39 is 10.7 Å². The Labute approximate surface area is 50.8 Å². The number of hydrogen-bond acceptors (Lipinski definition) is 3. The van der Waals surface area contributed by atoms with Crippen LogP contribution in [-0.2, 0) is 10.7 Å². The Hall–Kier alpha value is -0.0900. The van der Waals surface area contributed by atoms with E-state index in [4.69, 9.17) is 5.73 Å². The van der Waals surface area contributed by atoms with Gasteiger partial charge in [-0.15, -0.1) is 0 Å². The summed E-state index contributed by atoms with van der Waals surface area (Å²) in [6, 6.07) is 0.00269. The van der Waals surface area contributed by atoms with E-state index in [-0.39, 0.29) is 11.8 Å². The topological polar surface area (TPSA) is 60.2 Å². The summed E-state index contributed by atoms with van der Waals surface area (Å²) in [5, 5.41) is 0. The largest absolute Gasteiger partial charge is 0.328 e. The van der Waals surface area contributed by atoms with Gasteiger partial charge in [-0.05, 0) is 13.3 Å². The van der Waals surface area contributed by atoms with Crippen LogP contribution in [0.5, 0.6) is 0 Å². The molecule has 0 fully saturated rings. The number of hydrogen-bond donors (Lipinski definition) is 2. The summed E-state index contributed by atoms with van der Waals surface area (Å²) < 4.78 is 19.8. The minimum atomic E-state index is -2.21. The predicted octanol–water partition coefficient (Wildman–Crippen LogP) is -0.665. The summed E-state index contributed by atoms with van der Waals surface area (Å²) in [5.74, 6) is 0.215. The van der Waals surface area contributed by atoms with E-state index in [1.165, 1.54) is 0 Å². The van der Waals surface area contributed by atoms with Gasteiger partial charge in [0.05, 0.1) is 0 Å². The maximum absolute atomic E-state index is 9.89. The molecule has 4 heteroatoms. The van der Waals surface area contributed by atoms with Gasteiger partial charge in [-0.2, -0.15) is 0 Å². The fraction of sp³-hybridized carbons (Fsp3) is 1.00. The van der Waals surface area contributed by atoms with Gasteiger partial charge in [0.25, 0.3) is 0 Å². The molecule has 0 amide bonds. The summed E-state index contributed by atoms with van der Waals surface area (Å²) in [5.41, 5.74) is 5.27. The molecule has 0 saturated heterocycles. The number of nitrogens with two attached hydrogens (primary N) is 1. The first-order valence-electron chi connectivity index (χ1n) is 2.50. The first-order chi connectivity index (χ1) is 3.63. The fourth-order valence-electron chi connectivity index (χ4n) is 0.309. The number of rotatable bonds is 3. The van der Waals surface area contributed by atoms with Crippen molar-refractivity contribution in [2.75, 3.05) is 5.75 Å². The Morgan fingerprint density at radius 2 is 2.12 bits per heavy atom. The van der Waals surface area contributed by atoms with Gasteiger partial charge < -0.3 is 5.73 Å². The normalized spacial score (nSPS) is 14.4. The van der Waals surface area contributed by atoms with Crippen molar-refractivity contribution in [1.82, 2.24) is 0 Å². The Kier molecular flexibility index (Phi) is 3.81. The van der Waals surface area contributed by atoms with Crippen molar-refractivity contribution >= 4 is 10.7 Å². The molecular weight excluding hydrogens is 126 g/mol. The first-order valence-corrected chi connectivity index (χ1v) is 3.86. The molecule has 0 heterocycles. The molecule has 0 aliphatic heterocycles. The molecule has 3 nitrogen and oxygen atoms in total. The zero-order valence-corrected chi connectivity index (χ0v) is 5.73. The van der Waals surface area contributed by atoms with E-state index in [9.17, 15) is 8.42 Å². The molecule has 0 spiro atoms. The average molecular weight is 137 g/mol. The molecule has 0 bridgehead atoms. The molecule has 0 aromatic rings. The quantitative estimate of drug-likeness (QED) is 0.507. The molecule has 8 heavy (non-hydrogen) atoms. The van der Waals surface area contributed by atoms with Crippen LogP contribution in [-0.4, -0.2) is 20.2 Å². The molecule has 0 saturated carbocycles. The second-order valence-electron chi connectivity index (χ2n) is 1.82. The average Bonchev–Trinajstić information content (AvgIpc) is 1.61. The van der Waals surface area contributed by atoms with Crippen molar-refractivity contribution in [3.63, 3.8) is 0 Å². The first kappa shape index (κ1) is 7.91. The van der Waals surface area contributed by atoms with Crippen molar-refractivity contribution in [2.45, 2.75) is 19.4 Å². The third-order valence-electron chi connectivity index (χ3n) is 0.767. The van der Waals surface area contributed by atoms with Crippen LogP contribution in [0.3, 0.4) is 0 Å². The van der Waals surface area contributed by atoms with Crippen molar-refractivity contribution in [3.05, 3.63) is 0 Å². The van der Waals surface area contributed by atoms with E-state index in [0.717, 1.165) is 0 Å². The summed E-state index contributed by atoms with van der Waals surface area (Å²) in [4.78, 5) is 0. The third-order valence-corrected chi connectivity index (χ3v) is 1.39. The van der Waals surface area contributed by atoms with Crippen molar-refractivity contribution < 1.29 is 8.42 Å². The van der Waals surface area contributed by atoms with Gasteiger partial charge in [0.15, 0.2) is 0 Å². The highest BCUT2D eigenvalue weighted by atomic mass is 32.2. The van der Waals surface area contributed by atoms with Crippen molar-refractivity contribution in [3.8, 4) is 0 Å². The molecule has 0 aromatic carbocycles. The lowest BCUT2D eigenvalue weighted by Crippen LogP contribution is -2.16. The van der Waals surface area contributed by atoms with Gasteiger partial charge >= 0.3 is 0 Å². The Morgan fingerprint density at radius 1 is 1.62 bits per heavy atom. The van der Waals surface area contributed by atoms with E-state index in [1.807, 2.05) is 0 Å². The van der Waals surface area contributed by atoms with E-state index in [1.54, 1.807) is 6.92 Å². The zero-order chi connectivity index (χ0) is 6.57. The monoisotopic (exact) mass is 137 g/mol. The zero-order valence-electron chi connectivity index (χ0n) is 4.83. The molecule has 50 valence electrons. The smallest absolute Gasteiger partial charge is 0.140 e. The summed E-state index contributed by atoms with van der Waals surface area (Å²) in [6.07, 6.45) is 0.568. The van der Waals surface area contributed by atoms with Gasteiger partial charge in [-0.3, -0.25) is 0 Å². The molecule has 0 aliphatic carbocycles. The molecule has 0 rings (SSSR count). The minimum Gasteiger partial charge on any atom is -0.328 e. The van der Waals surface area contributed by atoms with Crippen LogP contribution >= 0.6 is 0 Å². The summed E-state index contributed by atoms with van der Waals surface area (Å²) >= 11 is 0. The van der Waals surface area contributed by atoms with E-state index in [0.29, 0.717) is 6.42 Å². The lowest BCUT2D eigenvalue weighted by atomic mass is 10.3. The summed E-state index contributed by atoms with van der Waals surface area (Å²) in [7, 11) is -2.21. The molecule has 0 aliphatic rings. The minimum absolute atomic E-state index is 0.00269.